The summed E-state index contributed by atoms with van der Waals surface area (Å²) in [7, 11) is 0. The van der Waals surface area contributed by atoms with Gasteiger partial charge in [-0.2, -0.15) is 11.8 Å². The maximum absolute atomic E-state index is 11.6. The average molecular weight is 258 g/mol. The smallest absolute Gasteiger partial charge is 0.326 e. The number of nitrogens with one attached hydrogen (secondary N) is 2. The van der Waals surface area contributed by atoms with E-state index < -0.39 is 17.9 Å². The normalized spacial score (nSPS) is 12.1. The standard InChI is InChI=1S/C9H14N4O3S/c1-5-10-7(13-12-5)8(14)11-6(9(15)16)3-4-17-2/h6H,3-4H2,1-2H3,(H,11,14)(H,15,16)(H,10,12,13)/t6-/m1/s1. The van der Waals surface area contributed by atoms with Crippen LogP contribution in [0.2, 0.25) is 0 Å². The summed E-state index contributed by atoms with van der Waals surface area (Å²) in [5.41, 5.74) is 0. The molecule has 0 fully saturated rings. The Morgan fingerprint density at radius 1 is 1.59 bits per heavy atom. The third-order valence-corrected chi connectivity index (χ3v) is 2.66. The topological polar surface area (TPSA) is 108 Å². The highest BCUT2D eigenvalue weighted by Gasteiger charge is 2.21. The number of H-pyrrole nitrogens is 1. The fourth-order valence-electron chi connectivity index (χ4n) is 1.16. The molecule has 0 aliphatic heterocycles. The first-order valence-electron chi connectivity index (χ1n) is 4.96. The van der Waals surface area contributed by atoms with Gasteiger partial charge in [-0.3, -0.25) is 9.89 Å². The molecule has 0 saturated carbocycles. The minimum atomic E-state index is -1.06. The summed E-state index contributed by atoms with van der Waals surface area (Å²) in [6.45, 7) is 1.66. The summed E-state index contributed by atoms with van der Waals surface area (Å²) in [5, 5.41) is 17.5. The summed E-state index contributed by atoms with van der Waals surface area (Å²) >= 11 is 1.52. The van der Waals surface area contributed by atoms with Gasteiger partial charge in [-0.1, -0.05) is 0 Å². The number of rotatable bonds is 6. The van der Waals surface area contributed by atoms with Crippen LogP contribution in [0.25, 0.3) is 0 Å². The number of thioether (sulfide) groups is 1. The van der Waals surface area contributed by atoms with Gasteiger partial charge in [0.15, 0.2) is 0 Å². The van der Waals surface area contributed by atoms with E-state index in [0.29, 0.717) is 18.0 Å². The van der Waals surface area contributed by atoms with E-state index in [1.54, 1.807) is 6.92 Å². The molecule has 8 heteroatoms. The van der Waals surface area contributed by atoms with Crippen molar-refractivity contribution in [3.8, 4) is 0 Å². The molecule has 17 heavy (non-hydrogen) atoms. The van der Waals surface area contributed by atoms with E-state index in [0.717, 1.165) is 0 Å². The largest absolute Gasteiger partial charge is 0.480 e. The Hall–Kier alpha value is -1.57. The van der Waals surface area contributed by atoms with Gasteiger partial charge < -0.3 is 10.4 Å². The maximum atomic E-state index is 11.6. The van der Waals surface area contributed by atoms with Gasteiger partial charge in [-0.15, -0.1) is 5.10 Å². The van der Waals surface area contributed by atoms with Crippen LogP contribution < -0.4 is 5.32 Å². The van der Waals surface area contributed by atoms with E-state index >= 15 is 0 Å². The molecule has 0 spiro atoms. The van der Waals surface area contributed by atoms with Gasteiger partial charge in [0.1, 0.15) is 11.9 Å². The molecule has 0 radical (unpaired) electrons. The van der Waals surface area contributed by atoms with E-state index in [1.165, 1.54) is 11.8 Å². The summed E-state index contributed by atoms with van der Waals surface area (Å²) in [6.07, 6.45) is 2.24. The van der Waals surface area contributed by atoms with Crippen molar-refractivity contribution in [1.82, 2.24) is 20.5 Å². The summed E-state index contributed by atoms with van der Waals surface area (Å²) in [4.78, 5) is 26.3. The number of aromatic amines is 1. The number of carbonyl (C=O) groups excluding carboxylic acids is 1. The van der Waals surface area contributed by atoms with Crippen LogP contribution in [0, 0.1) is 6.92 Å². The second-order valence-corrected chi connectivity index (χ2v) is 4.38. The molecule has 3 N–H and O–H groups in total. The van der Waals surface area contributed by atoms with E-state index in [9.17, 15) is 9.59 Å². The van der Waals surface area contributed by atoms with Crippen molar-refractivity contribution in [1.29, 1.82) is 0 Å². The fraction of sp³-hybridized carbons (Fsp3) is 0.556. The molecule has 0 aliphatic carbocycles. The van der Waals surface area contributed by atoms with Gasteiger partial charge in [-0.05, 0) is 25.4 Å². The third-order valence-electron chi connectivity index (χ3n) is 2.01. The third kappa shape index (κ3) is 4.06. The molecule has 1 rings (SSSR count). The maximum Gasteiger partial charge on any atom is 0.326 e. The van der Waals surface area contributed by atoms with Gasteiger partial charge in [0.05, 0.1) is 0 Å². The van der Waals surface area contributed by atoms with Crippen LogP contribution in [0.1, 0.15) is 22.9 Å². The molecule has 0 unspecified atom stereocenters. The Morgan fingerprint density at radius 3 is 2.76 bits per heavy atom. The summed E-state index contributed by atoms with van der Waals surface area (Å²) < 4.78 is 0. The van der Waals surface area contributed by atoms with Crippen molar-refractivity contribution in [2.45, 2.75) is 19.4 Å². The van der Waals surface area contributed by atoms with Crippen molar-refractivity contribution >= 4 is 23.6 Å². The minimum absolute atomic E-state index is 0.0436. The Balaban J connectivity index is 2.60. The first kappa shape index (κ1) is 13.5. The zero-order valence-electron chi connectivity index (χ0n) is 9.56. The first-order chi connectivity index (χ1) is 8.04. The zero-order valence-corrected chi connectivity index (χ0v) is 10.4. The van der Waals surface area contributed by atoms with E-state index in [4.69, 9.17) is 5.11 Å². The van der Waals surface area contributed by atoms with E-state index in [2.05, 4.69) is 20.5 Å². The lowest BCUT2D eigenvalue weighted by atomic mass is 10.2. The van der Waals surface area contributed by atoms with Crippen molar-refractivity contribution in [2.75, 3.05) is 12.0 Å². The minimum Gasteiger partial charge on any atom is -0.480 e. The molecule has 94 valence electrons. The average Bonchev–Trinajstić information content (AvgIpc) is 2.70. The van der Waals surface area contributed by atoms with Gasteiger partial charge in [0.2, 0.25) is 5.82 Å². The van der Waals surface area contributed by atoms with E-state index in [-0.39, 0.29) is 5.82 Å². The van der Waals surface area contributed by atoms with Crippen LogP contribution in [0.5, 0.6) is 0 Å². The lowest BCUT2D eigenvalue weighted by molar-refractivity contribution is -0.139. The Bertz CT molecular complexity index is 407. The second kappa shape index (κ2) is 6.24. The summed E-state index contributed by atoms with van der Waals surface area (Å²) in [6, 6.07) is -0.909. The first-order valence-corrected chi connectivity index (χ1v) is 6.35. The molecule has 0 aromatic carbocycles. The molecule has 1 atom stereocenters. The Morgan fingerprint density at radius 2 is 2.29 bits per heavy atom. The Labute approximate surface area is 102 Å². The quantitative estimate of drug-likeness (QED) is 0.665. The van der Waals surface area contributed by atoms with Gasteiger partial charge in [-0.25, -0.2) is 9.78 Å². The van der Waals surface area contributed by atoms with Crippen LogP contribution in [0.3, 0.4) is 0 Å². The fourth-order valence-corrected chi connectivity index (χ4v) is 1.63. The van der Waals surface area contributed by atoms with Crippen LogP contribution in [-0.4, -0.2) is 50.2 Å². The Kier molecular flexibility index (Phi) is 4.95. The number of aromatic nitrogens is 3. The number of amides is 1. The highest BCUT2D eigenvalue weighted by atomic mass is 32.2. The van der Waals surface area contributed by atoms with Crippen LogP contribution in [0.15, 0.2) is 0 Å². The van der Waals surface area contributed by atoms with Crippen LogP contribution >= 0.6 is 11.8 Å². The number of carbonyl (C=O) groups is 2. The summed E-state index contributed by atoms with van der Waals surface area (Å²) in [5.74, 6) is -0.517. The molecule has 0 aliphatic rings. The monoisotopic (exact) mass is 258 g/mol. The van der Waals surface area contributed by atoms with Gasteiger partial charge in [0, 0.05) is 0 Å². The van der Waals surface area contributed by atoms with Gasteiger partial charge in [0.25, 0.3) is 5.91 Å². The predicted molar refractivity (Wildman–Crippen MR) is 63.0 cm³/mol. The number of hydrogen-bond acceptors (Lipinski definition) is 5. The molecular formula is C9H14N4O3S. The molecular weight excluding hydrogens is 244 g/mol. The number of nitrogens with zero attached hydrogens (tertiary/aromatic N) is 2. The molecule has 1 aromatic heterocycles. The van der Waals surface area contributed by atoms with Crippen molar-refractivity contribution < 1.29 is 14.7 Å². The molecule has 1 amide bonds. The molecule has 0 bridgehead atoms. The lowest BCUT2D eigenvalue weighted by Crippen LogP contribution is -2.41. The number of carboxylic acids is 1. The van der Waals surface area contributed by atoms with E-state index in [1.807, 2.05) is 6.26 Å². The lowest BCUT2D eigenvalue weighted by Gasteiger charge is -2.12. The predicted octanol–water partition coefficient (Wildman–Crippen LogP) is 0.0492. The van der Waals surface area contributed by atoms with Crippen molar-refractivity contribution in [3.05, 3.63) is 11.6 Å². The van der Waals surface area contributed by atoms with Crippen molar-refractivity contribution in [2.24, 2.45) is 0 Å². The number of hydrogen-bond donors (Lipinski definition) is 3. The number of aliphatic carboxylic acids is 1. The highest BCUT2D eigenvalue weighted by molar-refractivity contribution is 7.98. The van der Waals surface area contributed by atoms with Crippen molar-refractivity contribution in [3.63, 3.8) is 0 Å². The zero-order chi connectivity index (χ0) is 12.8. The van der Waals surface area contributed by atoms with Crippen LogP contribution in [-0.2, 0) is 4.79 Å². The number of aryl methyl sites for hydroxylation is 1. The SMILES string of the molecule is CSCC[C@@H](NC(=O)c1n[nH]c(C)n1)C(=O)O. The molecule has 1 heterocycles. The highest BCUT2D eigenvalue weighted by Crippen LogP contribution is 2.02. The molecule has 0 saturated heterocycles. The van der Waals surface area contributed by atoms with Crippen LogP contribution in [0.4, 0.5) is 0 Å². The molecule has 7 nitrogen and oxygen atoms in total. The molecule has 1 aromatic rings. The van der Waals surface area contributed by atoms with Gasteiger partial charge >= 0.3 is 5.97 Å². The second-order valence-electron chi connectivity index (χ2n) is 3.39. The number of carboxylic acid groups (broad SMARTS) is 1.